The lowest BCUT2D eigenvalue weighted by atomic mass is 10.1. The van der Waals surface area contributed by atoms with Gasteiger partial charge in [0, 0.05) is 38.3 Å². The van der Waals surface area contributed by atoms with Gasteiger partial charge in [-0.15, -0.1) is 0 Å². The van der Waals surface area contributed by atoms with Crippen molar-refractivity contribution in [2.75, 3.05) is 33.0 Å². The SMILES string of the molecule is c1ccc(-c2noc(CN3CCN(Cc4ccc5c(c4)OCO5)CC3)n2)cc1. The van der Waals surface area contributed by atoms with Crippen LogP contribution in [0.15, 0.2) is 53.1 Å². The van der Waals surface area contributed by atoms with Crippen LogP contribution in [0.4, 0.5) is 0 Å². The Kier molecular flexibility index (Phi) is 4.68. The number of nitrogens with zero attached hydrogens (tertiary/aromatic N) is 4. The fraction of sp³-hybridized carbons (Fsp3) is 0.333. The molecule has 144 valence electrons. The number of ether oxygens (including phenoxy) is 2. The zero-order valence-corrected chi connectivity index (χ0v) is 15.6. The molecule has 0 unspecified atom stereocenters. The molecule has 28 heavy (non-hydrogen) atoms. The van der Waals surface area contributed by atoms with E-state index in [1.807, 2.05) is 36.4 Å². The first kappa shape index (κ1) is 17.2. The van der Waals surface area contributed by atoms with E-state index in [0.717, 1.165) is 49.8 Å². The zero-order chi connectivity index (χ0) is 18.8. The molecule has 0 amide bonds. The van der Waals surface area contributed by atoms with Crippen LogP contribution < -0.4 is 9.47 Å². The van der Waals surface area contributed by atoms with E-state index in [9.17, 15) is 0 Å². The minimum absolute atomic E-state index is 0.319. The third-order valence-electron chi connectivity index (χ3n) is 5.17. The maximum atomic E-state index is 5.47. The third kappa shape index (κ3) is 3.72. The molecular formula is C21H22N4O3. The van der Waals surface area contributed by atoms with Gasteiger partial charge in [-0.3, -0.25) is 9.80 Å². The largest absolute Gasteiger partial charge is 0.454 e. The van der Waals surface area contributed by atoms with E-state index in [4.69, 9.17) is 14.0 Å². The van der Waals surface area contributed by atoms with Crippen LogP contribution in [0.3, 0.4) is 0 Å². The number of benzene rings is 2. The van der Waals surface area contributed by atoms with Crippen LogP contribution in [0.25, 0.3) is 11.4 Å². The van der Waals surface area contributed by atoms with Crippen molar-refractivity contribution < 1.29 is 14.0 Å². The molecular weight excluding hydrogens is 356 g/mol. The predicted octanol–water partition coefficient (Wildman–Crippen LogP) is 2.78. The standard InChI is InChI=1S/C21H22N4O3/c1-2-4-17(5-3-1)21-22-20(28-23-21)14-25-10-8-24(9-11-25)13-16-6-7-18-19(12-16)27-15-26-18/h1-7,12H,8-11,13-15H2. The Bertz CT molecular complexity index is 936. The second kappa shape index (κ2) is 7.61. The lowest BCUT2D eigenvalue weighted by molar-refractivity contribution is 0.112. The fourth-order valence-electron chi connectivity index (χ4n) is 3.62. The van der Waals surface area contributed by atoms with Gasteiger partial charge in [-0.2, -0.15) is 4.98 Å². The van der Waals surface area contributed by atoms with Gasteiger partial charge in [-0.05, 0) is 17.7 Å². The van der Waals surface area contributed by atoms with Gasteiger partial charge in [0.1, 0.15) is 0 Å². The molecule has 1 aromatic heterocycles. The van der Waals surface area contributed by atoms with E-state index in [1.54, 1.807) is 0 Å². The van der Waals surface area contributed by atoms with E-state index >= 15 is 0 Å². The van der Waals surface area contributed by atoms with Crippen molar-refractivity contribution in [3.63, 3.8) is 0 Å². The lowest BCUT2D eigenvalue weighted by Crippen LogP contribution is -2.45. The van der Waals surface area contributed by atoms with E-state index in [2.05, 4.69) is 32.1 Å². The van der Waals surface area contributed by atoms with Crippen molar-refractivity contribution in [2.24, 2.45) is 0 Å². The van der Waals surface area contributed by atoms with Crippen LogP contribution in [0, 0.1) is 0 Å². The average molecular weight is 378 g/mol. The zero-order valence-electron chi connectivity index (χ0n) is 15.6. The van der Waals surface area contributed by atoms with Crippen LogP contribution in [-0.4, -0.2) is 52.9 Å². The van der Waals surface area contributed by atoms with E-state index < -0.39 is 0 Å². The number of rotatable bonds is 5. The molecule has 0 bridgehead atoms. The minimum Gasteiger partial charge on any atom is -0.454 e. The van der Waals surface area contributed by atoms with Gasteiger partial charge >= 0.3 is 0 Å². The molecule has 1 saturated heterocycles. The smallest absolute Gasteiger partial charge is 0.241 e. The normalized spacial score (nSPS) is 17.1. The molecule has 2 aliphatic rings. The monoisotopic (exact) mass is 378 g/mol. The summed E-state index contributed by atoms with van der Waals surface area (Å²) in [6, 6.07) is 16.1. The Labute approximate surface area is 163 Å². The summed E-state index contributed by atoms with van der Waals surface area (Å²) in [4.78, 5) is 9.35. The Balaban J connectivity index is 1.14. The molecule has 7 nitrogen and oxygen atoms in total. The molecule has 3 aromatic rings. The summed E-state index contributed by atoms with van der Waals surface area (Å²) in [5, 5.41) is 4.11. The van der Waals surface area contributed by atoms with Gasteiger partial charge in [0.25, 0.3) is 0 Å². The van der Waals surface area contributed by atoms with Crippen LogP contribution in [0.2, 0.25) is 0 Å². The molecule has 5 rings (SSSR count). The maximum Gasteiger partial charge on any atom is 0.241 e. The molecule has 0 aliphatic carbocycles. The average Bonchev–Trinajstić information content (AvgIpc) is 3.39. The first-order chi connectivity index (χ1) is 13.8. The van der Waals surface area contributed by atoms with Crippen LogP contribution in [0.1, 0.15) is 11.5 Å². The van der Waals surface area contributed by atoms with E-state index in [0.29, 0.717) is 25.1 Å². The summed E-state index contributed by atoms with van der Waals surface area (Å²) < 4.78 is 16.3. The third-order valence-corrected chi connectivity index (χ3v) is 5.17. The second-order valence-electron chi connectivity index (χ2n) is 7.12. The number of hydrogen-bond donors (Lipinski definition) is 0. The highest BCUT2D eigenvalue weighted by molar-refractivity contribution is 5.53. The molecule has 3 heterocycles. The summed E-state index contributed by atoms with van der Waals surface area (Å²) in [5.41, 5.74) is 2.23. The molecule has 7 heteroatoms. The molecule has 1 fully saturated rings. The summed E-state index contributed by atoms with van der Waals surface area (Å²) in [6.45, 7) is 5.91. The van der Waals surface area contributed by atoms with E-state index in [-0.39, 0.29) is 0 Å². The second-order valence-corrected chi connectivity index (χ2v) is 7.12. The lowest BCUT2D eigenvalue weighted by Gasteiger charge is -2.33. The molecule has 2 aromatic carbocycles. The first-order valence-electron chi connectivity index (χ1n) is 9.55. The molecule has 0 atom stereocenters. The van der Waals surface area contributed by atoms with Crippen LogP contribution >= 0.6 is 0 Å². The van der Waals surface area contributed by atoms with Gasteiger partial charge < -0.3 is 14.0 Å². The Morgan fingerprint density at radius 1 is 0.821 bits per heavy atom. The number of aromatic nitrogens is 2. The highest BCUT2D eigenvalue weighted by Gasteiger charge is 2.20. The van der Waals surface area contributed by atoms with Crippen LogP contribution in [0.5, 0.6) is 11.5 Å². The van der Waals surface area contributed by atoms with Gasteiger partial charge in [0.05, 0.1) is 6.54 Å². The molecule has 2 aliphatic heterocycles. The highest BCUT2D eigenvalue weighted by Crippen LogP contribution is 2.32. The van der Waals surface area contributed by atoms with Gasteiger partial charge in [-0.25, -0.2) is 0 Å². The number of fused-ring (bicyclic) bond motifs is 1. The fourth-order valence-corrected chi connectivity index (χ4v) is 3.62. The Morgan fingerprint density at radius 3 is 2.39 bits per heavy atom. The first-order valence-corrected chi connectivity index (χ1v) is 9.55. The van der Waals surface area contributed by atoms with Crippen molar-refractivity contribution in [1.29, 1.82) is 0 Å². The Hall–Kier alpha value is -2.90. The van der Waals surface area contributed by atoms with Crippen molar-refractivity contribution >= 4 is 0 Å². The molecule has 0 radical (unpaired) electrons. The summed E-state index contributed by atoms with van der Waals surface area (Å²) >= 11 is 0. The topological polar surface area (TPSA) is 63.9 Å². The Morgan fingerprint density at radius 2 is 1.57 bits per heavy atom. The van der Waals surface area contributed by atoms with Crippen molar-refractivity contribution in [3.05, 3.63) is 60.0 Å². The maximum absolute atomic E-state index is 5.47. The summed E-state index contributed by atoms with van der Waals surface area (Å²) in [5.74, 6) is 3.00. The van der Waals surface area contributed by atoms with Crippen molar-refractivity contribution in [1.82, 2.24) is 19.9 Å². The molecule has 0 spiro atoms. The van der Waals surface area contributed by atoms with Crippen LogP contribution in [-0.2, 0) is 13.1 Å². The van der Waals surface area contributed by atoms with Crippen molar-refractivity contribution in [2.45, 2.75) is 13.1 Å². The quantitative estimate of drug-likeness (QED) is 0.676. The van der Waals surface area contributed by atoms with Gasteiger partial charge in [0.15, 0.2) is 11.5 Å². The predicted molar refractivity (Wildman–Crippen MR) is 103 cm³/mol. The van der Waals surface area contributed by atoms with E-state index in [1.165, 1.54) is 5.56 Å². The van der Waals surface area contributed by atoms with Crippen molar-refractivity contribution in [3.8, 4) is 22.9 Å². The minimum atomic E-state index is 0.319. The van der Waals surface area contributed by atoms with Gasteiger partial charge in [0.2, 0.25) is 18.5 Å². The molecule has 0 saturated carbocycles. The number of piperazine rings is 1. The summed E-state index contributed by atoms with van der Waals surface area (Å²) in [6.07, 6.45) is 0. The van der Waals surface area contributed by atoms with Gasteiger partial charge in [-0.1, -0.05) is 41.6 Å². The number of hydrogen-bond acceptors (Lipinski definition) is 7. The highest BCUT2D eigenvalue weighted by atomic mass is 16.7. The summed E-state index contributed by atoms with van der Waals surface area (Å²) in [7, 11) is 0. The molecule has 0 N–H and O–H groups in total.